The fourth-order valence-electron chi connectivity index (χ4n) is 1.90. The lowest BCUT2D eigenvalue weighted by molar-refractivity contribution is 0.623. The van der Waals surface area contributed by atoms with Gasteiger partial charge in [-0.15, -0.1) is 0 Å². The third kappa shape index (κ3) is 2.76. The molecule has 0 spiro atoms. The third-order valence-electron chi connectivity index (χ3n) is 2.79. The van der Waals surface area contributed by atoms with Gasteiger partial charge in [0.1, 0.15) is 5.82 Å². The number of nitrogens with two attached hydrogens (primary N) is 1. The fourth-order valence-corrected chi connectivity index (χ4v) is 1.90. The summed E-state index contributed by atoms with van der Waals surface area (Å²) in [6, 6.07) is 8.28. The van der Waals surface area contributed by atoms with Crippen molar-refractivity contribution in [1.82, 2.24) is 4.57 Å². The van der Waals surface area contributed by atoms with E-state index in [4.69, 9.17) is 11.0 Å². The molecule has 0 fully saturated rings. The van der Waals surface area contributed by atoms with E-state index in [1.54, 1.807) is 0 Å². The predicted octanol–water partition coefficient (Wildman–Crippen LogP) is 2.05. The van der Waals surface area contributed by atoms with Gasteiger partial charge in [-0.3, -0.25) is 0 Å². The number of nitriles is 1. The summed E-state index contributed by atoms with van der Waals surface area (Å²) in [5.74, 6) is -0.321. The van der Waals surface area contributed by atoms with Crippen LogP contribution in [-0.4, -0.2) is 11.1 Å². The van der Waals surface area contributed by atoms with Crippen LogP contribution in [0.2, 0.25) is 0 Å². The minimum absolute atomic E-state index is 0.321. The van der Waals surface area contributed by atoms with Gasteiger partial charge in [0.05, 0.1) is 11.6 Å². The molecule has 0 aliphatic carbocycles. The van der Waals surface area contributed by atoms with Gasteiger partial charge in [-0.25, -0.2) is 4.39 Å². The third-order valence-corrected chi connectivity index (χ3v) is 2.79. The topological polar surface area (TPSA) is 54.7 Å². The van der Waals surface area contributed by atoms with Gasteiger partial charge in [0.25, 0.3) is 0 Å². The lowest BCUT2D eigenvalue weighted by Crippen LogP contribution is -2.02. The zero-order valence-corrected chi connectivity index (χ0v) is 9.94. The number of benzene rings is 1. The Balaban J connectivity index is 2.22. The maximum atomic E-state index is 13.2. The van der Waals surface area contributed by atoms with Crippen molar-refractivity contribution in [2.45, 2.75) is 13.0 Å². The molecule has 4 heteroatoms. The van der Waals surface area contributed by atoms with Gasteiger partial charge in [-0.1, -0.05) is 0 Å². The van der Waals surface area contributed by atoms with Crippen LogP contribution in [0.5, 0.6) is 0 Å². The molecule has 0 aliphatic heterocycles. The van der Waals surface area contributed by atoms with E-state index in [0.29, 0.717) is 24.2 Å². The van der Waals surface area contributed by atoms with Gasteiger partial charge >= 0.3 is 0 Å². The molecule has 18 heavy (non-hydrogen) atoms. The van der Waals surface area contributed by atoms with Crippen LogP contribution in [0.25, 0.3) is 0 Å². The summed E-state index contributed by atoms with van der Waals surface area (Å²) in [4.78, 5) is 0. The molecule has 0 aliphatic rings. The van der Waals surface area contributed by atoms with E-state index in [0.717, 1.165) is 12.0 Å². The summed E-state index contributed by atoms with van der Waals surface area (Å²) < 4.78 is 15.1. The molecule has 0 amide bonds. The molecule has 2 aromatic rings. The molecule has 1 aromatic heterocycles. The molecule has 2 N–H and O–H groups in total. The number of rotatable bonds is 4. The molecular weight excluding hydrogens is 229 g/mol. The molecule has 0 unspecified atom stereocenters. The van der Waals surface area contributed by atoms with Gasteiger partial charge in [0.15, 0.2) is 0 Å². The van der Waals surface area contributed by atoms with Gasteiger partial charge in [-0.2, -0.15) is 5.26 Å². The molecule has 3 nitrogen and oxygen atoms in total. The van der Waals surface area contributed by atoms with Crippen LogP contribution in [0.4, 0.5) is 4.39 Å². The van der Waals surface area contributed by atoms with Crippen LogP contribution in [-0.2, 0) is 13.0 Å². The van der Waals surface area contributed by atoms with E-state index in [2.05, 4.69) is 6.07 Å². The second kappa shape index (κ2) is 5.48. The molecule has 1 aromatic carbocycles. The minimum atomic E-state index is -0.321. The Morgan fingerprint density at radius 3 is 2.89 bits per heavy atom. The van der Waals surface area contributed by atoms with Crippen molar-refractivity contribution in [2.24, 2.45) is 5.73 Å². The zero-order chi connectivity index (χ0) is 13.0. The van der Waals surface area contributed by atoms with Crippen LogP contribution in [0.3, 0.4) is 0 Å². The van der Waals surface area contributed by atoms with Crippen LogP contribution < -0.4 is 5.73 Å². The number of hydrogen-bond acceptors (Lipinski definition) is 2. The van der Waals surface area contributed by atoms with E-state index < -0.39 is 0 Å². The second-order valence-corrected chi connectivity index (χ2v) is 4.14. The molecular formula is C14H14FN3. The molecule has 92 valence electrons. The van der Waals surface area contributed by atoms with E-state index >= 15 is 0 Å². The summed E-state index contributed by atoms with van der Waals surface area (Å²) >= 11 is 0. The average molecular weight is 243 g/mol. The van der Waals surface area contributed by atoms with E-state index in [1.165, 1.54) is 18.2 Å². The van der Waals surface area contributed by atoms with Crippen LogP contribution >= 0.6 is 0 Å². The second-order valence-electron chi connectivity index (χ2n) is 4.14. The maximum absolute atomic E-state index is 13.2. The van der Waals surface area contributed by atoms with E-state index in [9.17, 15) is 4.39 Å². The Morgan fingerprint density at radius 2 is 2.17 bits per heavy atom. The normalized spacial score (nSPS) is 10.3. The summed E-state index contributed by atoms with van der Waals surface area (Å²) in [5.41, 5.74) is 7.82. The highest BCUT2D eigenvalue weighted by Crippen LogP contribution is 2.13. The average Bonchev–Trinajstić information content (AvgIpc) is 2.77. The molecule has 1 heterocycles. The monoisotopic (exact) mass is 243 g/mol. The Bertz CT molecular complexity index is 581. The number of hydrogen-bond donors (Lipinski definition) is 1. The SMILES string of the molecule is N#Cc1ccc(F)cc1Cn1ccc(CCN)c1. The van der Waals surface area contributed by atoms with Crippen molar-refractivity contribution < 1.29 is 4.39 Å². The Hall–Kier alpha value is -2.12. The molecule has 0 bridgehead atoms. The highest BCUT2D eigenvalue weighted by atomic mass is 19.1. The molecule has 0 radical (unpaired) electrons. The lowest BCUT2D eigenvalue weighted by Gasteiger charge is -2.05. The van der Waals surface area contributed by atoms with Crippen molar-refractivity contribution in [2.75, 3.05) is 6.54 Å². The maximum Gasteiger partial charge on any atom is 0.123 e. The zero-order valence-electron chi connectivity index (χ0n) is 9.94. The largest absolute Gasteiger partial charge is 0.350 e. The summed E-state index contributed by atoms with van der Waals surface area (Å²) in [6.07, 6.45) is 4.71. The van der Waals surface area contributed by atoms with Crippen molar-refractivity contribution in [3.63, 3.8) is 0 Å². The Morgan fingerprint density at radius 1 is 1.33 bits per heavy atom. The fraction of sp³-hybridized carbons (Fsp3) is 0.214. The van der Waals surface area contributed by atoms with Crippen molar-refractivity contribution >= 4 is 0 Å². The lowest BCUT2D eigenvalue weighted by atomic mass is 10.1. The Kier molecular flexibility index (Phi) is 3.75. The van der Waals surface area contributed by atoms with Crippen molar-refractivity contribution in [1.29, 1.82) is 5.26 Å². The van der Waals surface area contributed by atoms with Gasteiger partial charge < -0.3 is 10.3 Å². The van der Waals surface area contributed by atoms with Gasteiger partial charge in [0, 0.05) is 18.9 Å². The first kappa shape index (κ1) is 12.3. The summed E-state index contributed by atoms with van der Waals surface area (Å²) in [5, 5.41) is 8.98. The summed E-state index contributed by atoms with van der Waals surface area (Å²) in [7, 11) is 0. The molecule has 0 atom stereocenters. The van der Waals surface area contributed by atoms with Gasteiger partial charge in [-0.05, 0) is 48.4 Å². The standard InChI is InChI=1S/C14H14FN3/c15-14-2-1-12(8-17)13(7-14)10-18-6-4-11(9-18)3-5-16/h1-2,4,6-7,9H,3,5,10,16H2. The van der Waals surface area contributed by atoms with Crippen LogP contribution in [0.15, 0.2) is 36.7 Å². The smallest absolute Gasteiger partial charge is 0.123 e. The number of nitrogens with zero attached hydrogens (tertiary/aromatic N) is 2. The highest BCUT2D eigenvalue weighted by Gasteiger charge is 2.05. The molecule has 0 saturated heterocycles. The first-order valence-corrected chi connectivity index (χ1v) is 5.76. The minimum Gasteiger partial charge on any atom is -0.350 e. The number of aromatic nitrogens is 1. The van der Waals surface area contributed by atoms with Crippen LogP contribution in [0, 0.1) is 17.1 Å². The first-order chi connectivity index (χ1) is 8.72. The summed E-state index contributed by atoms with van der Waals surface area (Å²) in [6.45, 7) is 1.10. The van der Waals surface area contributed by atoms with Crippen LogP contribution in [0.1, 0.15) is 16.7 Å². The highest BCUT2D eigenvalue weighted by molar-refractivity contribution is 5.38. The predicted molar refractivity (Wildman–Crippen MR) is 67.4 cm³/mol. The molecule has 0 saturated carbocycles. The van der Waals surface area contributed by atoms with Crippen molar-refractivity contribution in [3.8, 4) is 6.07 Å². The Labute approximate surface area is 105 Å². The number of halogens is 1. The first-order valence-electron chi connectivity index (χ1n) is 5.76. The van der Waals surface area contributed by atoms with Gasteiger partial charge in [0.2, 0.25) is 0 Å². The van der Waals surface area contributed by atoms with E-state index in [1.807, 2.05) is 23.0 Å². The van der Waals surface area contributed by atoms with Crippen molar-refractivity contribution in [3.05, 3.63) is 59.2 Å². The molecule has 2 rings (SSSR count). The quantitative estimate of drug-likeness (QED) is 0.893. The van der Waals surface area contributed by atoms with E-state index in [-0.39, 0.29) is 5.82 Å².